The number of rotatable bonds is 5. The zero-order valence-corrected chi connectivity index (χ0v) is 18.0. The first kappa shape index (κ1) is 20.6. The number of carbonyl (C=O) groups is 1. The topological polar surface area (TPSA) is 41.6 Å². The molecule has 0 saturated heterocycles. The van der Waals surface area contributed by atoms with Crippen molar-refractivity contribution in [2.45, 2.75) is 25.4 Å². The molecule has 0 saturated carbocycles. The molecule has 0 aromatic heterocycles. The van der Waals surface area contributed by atoms with Crippen molar-refractivity contribution < 1.29 is 9.53 Å². The number of nitrogens with zero attached hydrogens (tertiary/aromatic N) is 1. The first-order chi connectivity index (χ1) is 14.5. The number of hydrogen-bond acceptors (Lipinski definition) is 3. The Morgan fingerprint density at radius 2 is 1.80 bits per heavy atom. The summed E-state index contributed by atoms with van der Waals surface area (Å²) in [7, 11) is 0. The Labute approximate surface area is 186 Å². The molecule has 1 aliphatic heterocycles. The molecule has 1 aliphatic rings. The number of halogens is 2. The van der Waals surface area contributed by atoms with Crippen molar-refractivity contribution >= 4 is 40.5 Å². The summed E-state index contributed by atoms with van der Waals surface area (Å²) in [4.78, 5) is 14.9. The Morgan fingerprint density at radius 3 is 2.57 bits per heavy atom. The molecule has 6 heteroatoms. The monoisotopic (exact) mass is 440 g/mol. The van der Waals surface area contributed by atoms with Crippen molar-refractivity contribution in [3.05, 3.63) is 88.4 Å². The summed E-state index contributed by atoms with van der Waals surface area (Å²) in [5.41, 5.74) is 3.06. The molecule has 2 atom stereocenters. The van der Waals surface area contributed by atoms with E-state index in [0.717, 1.165) is 23.4 Å². The normalized spacial score (nSPS) is 17.9. The van der Waals surface area contributed by atoms with E-state index in [1.807, 2.05) is 41.3 Å². The second kappa shape index (κ2) is 8.99. The number of fused-ring (bicyclic) bond motifs is 1. The molecular weight excluding hydrogens is 419 g/mol. The van der Waals surface area contributed by atoms with Crippen LogP contribution >= 0.6 is 23.2 Å². The van der Waals surface area contributed by atoms with Gasteiger partial charge in [-0.2, -0.15) is 0 Å². The van der Waals surface area contributed by atoms with Crippen LogP contribution in [-0.2, 0) is 4.79 Å². The van der Waals surface area contributed by atoms with E-state index in [0.29, 0.717) is 15.8 Å². The highest BCUT2D eigenvalue weighted by atomic mass is 35.5. The van der Waals surface area contributed by atoms with Crippen LogP contribution in [0.15, 0.2) is 72.8 Å². The lowest BCUT2D eigenvalue weighted by Crippen LogP contribution is -2.46. The molecule has 3 aromatic carbocycles. The Balaban J connectivity index is 1.54. The first-order valence-electron chi connectivity index (χ1n) is 9.83. The van der Waals surface area contributed by atoms with Gasteiger partial charge in [0, 0.05) is 22.4 Å². The van der Waals surface area contributed by atoms with Crippen molar-refractivity contribution in [1.29, 1.82) is 0 Å². The summed E-state index contributed by atoms with van der Waals surface area (Å²) in [5.74, 6) is 0.329. The van der Waals surface area contributed by atoms with Gasteiger partial charge in [-0.15, -0.1) is 0 Å². The SMILES string of the molecule is C[C@@H]1C[C@@H](Nc2ccccc2)c2ccccc2N1C(=O)COc1ccc(Cl)cc1Cl. The largest absolute Gasteiger partial charge is 0.482 e. The molecule has 1 heterocycles. The van der Waals surface area contributed by atoms with Gasteiger partial charge in [0.05, 0.1) is 11.1 Å². The summed E-state index contributed by atoms with van der Waals surface area (Å²) in [6.45, 7) is 1.96. The molecule has 0 fully saturated rings. The average Bonchev–Trinajstić information content (AvgIpc) is 2.74. The molecule has 4 nitrogen and oxygen atoms in total. The molecular formula is C24H22Cl2N2O2. The number of ether oxygens (including phenoxy) is 1. The fourth-order valence-corrected chi connectivity index (χ4v) is 4.33. The Bertz CT molecular complexity index is 1040. The minimum atomic E-state index is -0.112. The fourth-order valence-electron chi connectivity index (χ4n) is 3.87. The smallest absolute Gasteiger partial charge is 0.265 e. The minimum Gasteiger partial charge on any atom is -0.482 e. The van der Waals surface area contributed by atoms with Gasteiger partial charge in [-0.05, 0) is 55.3 Å². The molecule has 3 aromatic rings. The summed E-state index contributed by atoms with van der Waals surface area (Å²) < 4.78 is 5.70. The number of hydrogen-bond donors (Lipinski definition) is 1. The van der Waals surface area contributed by atoms with Crippen LogP contribution in [0, 0.1) is 0 Å². The van der Waals surface area contributed by atoms with E-state index < -0.39 is 0 Å². The summed E-state index contributed by atoms with van der Waals surface area (Å²) in [5, 5.41) is 4.50. The fraction of sp³-hybridized carbons (Fsp3) is 0.208. The van der Waals surface area contributed by atoms with Crippen LogP contribution in [0.3, 0.4) is 0 Å². The molecule has 0 radical (unpaired) electrons. The predicted molar refractivity (Wildman–Crippen MR) is 123 cm³/mol. The summed E-state index contributed by atoms with van der Waals surface area (Å²) in [6, 6.07) is 23.2. The van der Waals surface area contributed by atoms with E-state index >= 15 is 0 Å². The Morgan fingerprint density at radius 1 is 1.07 bits per heavy atom. The average molecular weight is 441 g/mol. The highest BCUT2D eigenvalue weighted by molar-refractivity contribution is 6.35. The molecule has 0 aliphatic carbocycles. The molecule has 0 bridgehead atoms. The van der Waals surface area contributed by atoms with Crippen LogP contribution in [0.4, 0.5) is 11.4 Å². The van der Waals surface area contributed by atoms with Crippen molar-refractivity contribution in [2.24, 2.45) is 0 Å². The zero-order chi connectivity index (χ0) is 21.1. The van der Waals surface area contributed by atoms with E-state index in [1.54, 1.807) is 18.2 Å². The number of nitrogens with one attached hydrogen (secondary N) is 1. The van der Waals surface area contributed by atoms with Crippen molar-refractivity contribution in [3.8, 4) is 5.75 Å². The molecule has 0 spiro atoms. The second-order valence-corrected chi connectivity index (χ2v) is 8.18. The Hall–Kier alpha value is -2.69. The number of benzene rings is 3. The maximum atomic E-state index is 13.1. The molecule has 30 heavy (non-hydrogen) atoms. The van der Waals surface area contributed by atoms with Gasteiger partial charge in [0.15, 0.2) is 6.61 Å². The number of amides is 1. The molecule has 0 unspecified atom stereocenters. The van der Waals surface area contributed by atoms with Gasteiger partial charge in [-0.25, -0.2) is 0 Å². The van der Waals surface area contributed by atoms with E-state index in [-0.39, 0.29) is 24.6 Å². The van der Waals surface area contributed by atoms with Crippen LogP contribution in [0.1, 0.15) is 24.9 Å². The Kier molecular flexibility index (Phi) is 6.16. The van der Waals surface area contributed by atoms with Crippen LogP contribution in [0.2, 0.25) is 10.0 Å². The quantitative estimate of drug-likeness (QED) is 0.502. The first-order valence-corrected chi connectivity index (χ1v) is 10.6. The van der Waals surface area contributed by atoms with Gasteiger partial charge in [0.1, 0.15) is 5.75 Å². The lowest BCUT2D eigenvalue weighted by atomic mass is 9.91. The van der Waals surface area contributed by atoms with E-state index in [4.69, 9.17) is 27.9 Å². The summed E-state index contributed by atoms with van der Waals surface area (Å²) in [6.07, 6.45) is 0.791. The lowest BCUT2D eigenvalue weighted by molar-refractivity contribution is -0.121. The molecule has 1 N–H and O–H groups in total. The summed E-state index contributed by atoms with van der Waals surface area (Å²) >= 11 is 12.1. The van der Waals surface area contributed by atoms with Crippen LogP contribution in [0.5, 0.6) is 5.75 Å². The third kappa shape index (κ3) is 4.40. The number of anilines is 2. The third-order valence-corrected chi connectivity index (χ3v) is 5.75. The highest BCUT2D eigenvalue weighted by Gasteiger charge is 2.33. The lowest BCUT2D eigenvalue weighted by Gasteiger charge is -2.40. The molecule has 154 valence electrons. The van der Waals surface area contributed by atoms with Gasteiger partial charge >= 0.3 is 0 Å². The van der Waals surface area contributed by atoms with Crippen LogP contribution in [-0.4, -0.2) is 18.6 Å². The van der Waals surface area contributed by atoms with E-state index in [2.05, 4.69) is 30.4 Å². The third-order valence-electron chi connectivity index (χ3n) is 5.22. The number of carbonyl (C=O) groups excluding carboxylic acids is 1. The van der Waals surface area contributed by atoms with Gasteiger partial charge in [-0.1, -0.05) is 59.6 Å². The van der Waals surface area contributed by atoms with E-state index in [9.17, 15) is 4.79 Å². The predicted octanol–water partition coefficient (Wildman–Crippen LogP) is 6.35. The second-order valence-electron chi connectivity index (χ2n) is 7.33. The van der Waals surface area contributed by atoms with Crippen molar-refractivity contribution in [3.63, 3.8) is 0 Å². The van der Waals surface area contributed by atoms with Gasteiger partial charge in [0.25, 0.3) is 5.91 Å². The van der Waals surface area contributed by atoms with Gasteiger partial charge in [0.2, 0.25) is 0 Å². The van der Waals surface area contributed by atoms with Crippen molar-refractivity contribution in [2.75, 3.05) is 16.8 Å². The standard InChI is InChI=1S/C24H22Cl2N2O2/c1-16-13-21(27-18-7-3-2-4-8-18)19-9-5-6-10-22(19)28(16)24(29)15-30-23-12-11-17(25)14-20(23)26/h2-12,14,16,21,27H,13,15H2,1H3/t16-,21-/m1/s1. The van der Waals surface area contributed by atoms with Gasteiger partial charge in [-0.3, -0.25) is 4.79 Å². The van der Waals surface area contributed by atoms with Crippen molar-refractivity contribution in [1.82, 2.24) is 0 Å². The van der Waals surface area contributed by atoms with Gasteiger partial charge < -0.3 is 15.0 Å². The minimum absolute atomic E-state index is 0.0119. The zero-order valence-electron chi connectivity index (χ0n) is 16.5. The molecule has 4 rings (SSSR count). The highest BCUT2D eigenvalue weighted by Crippen LogP contribution is 2.39. The maximum Gasteiger partial charge on any atom is 0.265 e. The number of para-hydroxylation sites is 2. The van der Waals surface area contributed by atoms with E-state index in [1.165, 1.54) is 0 Å². The van der Waals surface area contributed by atoms with Crippen LogP contribution < -0.4 is 15.0 Å². The molecule has 1 amide bonds. The van der Waals surface area contributed by atoms with Crippen LogP contribution in [0.25, 0.3) is 0 Å². The maximum absolute atomic E-state index is 13.1.